The summed E-state index contributed by atoms with van der Waals surface area (Å²) in [7, 11) is 0. The van der Waals surface area contributed by atoms with Crippen LogP contribution in [0.1, 0.15) is 18.4 Å². The molecule has 0 spiro atoms. The molecule has 118 valence electrons. The molecule has 0 radical (unpaired) electrons. The molecule has 2 aromatic heterocycles. The third-order valence-corrected chi connectivity index (χ3v) is 4.46. The fourth-order valence-electron chi connectivity index (χ4n) is 3.15. The molecule has 0 saturated carbocycles. The highest BCUT2D eigenvalue weighted by Crippen LogP contribution is 2.23. The van der Waals surface area contributed by atoms with E-state index in [4.69, 9.17) is 0 Å². The van der Waals surface area contributed by atoms with Gasteiger partial charge in [-0.05, 0) is 18.4 Å². The molecular formula is C18H20N4O. The number of piperidine rings is 1. The molecule has 1 aliphatic heterocycles. The van der Waals surface area contributed by atoms with Crippen molar-refractivity contribution in [2.24, 2.45) is 0 Å². The zero-order chi connectivity index (χ0) is 15.6. The number of rotatable bonds is 3. The molecule has 1 aromatic carbocycles. The van der Waals surface area contributed by atoms with Gasteiger partial charge in [0.1, 0.15) is 0 Å². The van der Waals surface area contributed by atoms with Gasteiger partial charge >= 0.3 is 0 Å². The molecule has 4 rings (SSSR count). The van der Waals surface area contributed by atoms with Gasteiger partial charge in [0.15, 0.2) is 5.65 Å². The Morgan fingerprint density at radius 1 is 1.09 bits per heavy atom. The van der Waals surface area contributed by atoms with E-state index in [0.29, 0.717) is 0 Å². The molecule has 1 saturated heterocycles. The minimum atomic E-state index is -0.133. The van der Waals surface area contributed by atoms with Crippen LogP contribution < -0.4 is 0 Å². The summed E-state index contributed by atoms with van der Waals surface area (Å²) in [5, 5.41) is 14.0. The van der Waals surface area contributed by atoms with Crippen LogP contribution in [0.5, 0.6) is 0 Å². The predicted molar refractivity (Wildman–Crippen MR) is 88.9 cm³/mol. The van der Waals surface area contributed by atoms with Crippen LogP contribution in [0.25, 0.3) is 16.8 Å². The minimum absolute atomic E-state index is 0.133. The quantitative estimate of drug-likeness (QED) is 0.807. The Labute approximate surface area is 135 Å². The smallest absolute Gasteiger partial charge is 0.162 e. The fourth-order valence-corrected chi connectivity index (χ4v) is 3.15. The van der Waals surface area contributed by atoms with E-state index in [2.05, 4.69) is 33.3 Å². The second-order valence-electron chi connectivity index (χ2n) is 6.16. The van der Waals surface area contributed by atoms with Crippen LogP contribution in [0.2, 0.25) is 0 Å². The lowest BCUT2D eigenvalue weighted by molar-refractivity contribution is 0.0791. The fraction of sp³-hybridized carbons (Fsp3) is 0.333. The van der Waals surface area contributed by atoms with Gasteiger partial charge in [0, 0.05) is 43.2 Å². The van der Waals surface area contributed by atoms with Gasteiger partial charge in [0.2, 0.25) is 0 Å². The van der Waals surface area contributed by atoms with Gasteiger partial charge < -0.3 is 5.11 Å². The summed E-state index contributed by atoms with van der Waals surface area (Å²) in [5.41, 5.74) is 4.22. The van der Waals surface area contributed by atoms with Crippen LogP contribution in [-0.2, 0) is 6.54 Å². The first kappa shape index (κ1) is 14.4. The van der Waals surface area contributed by atoms with E-state index in [9.17, 15) is 5.11 Å². The Morgan fingerprint density at radius 2 is 1.87 bits per heavy atom. The molecule has 0 bridgehead atoms. The number of likely N-dealkylation sites (tertiary alicyclic amines) is 1. The number of aromatic nitrogens is 3. The Hall–Kier alpha value is -2.24. The zero-order valence-corrected chi connectivity index (χ0v) is 13.0. The van der Waals surface area contributed by atoms with Crippen molar-refractivity contribution in [3.8, 4) is 11.1 Å². The van der Waals surface area contributed by atoms with Crippen LogP contribution in [0.15, 0.2) is 48.9 Å². The normalized spacial score (nSPS) is 16.9. The summed E-state index contributed by atoms with van der Waals surface area (Å²) in [4.78, 5) is 6.98. The van der Waals surface area contributed by atoms with E-state index in [-0.39, 0.29) is 6.10 Å². The summed E-state index contributed by atoms with van der Waals surface area (Å²) in [6.45, 7) is 2.73. The molecule has 1 N–H and O–H groups in total. The standard InChI is InChI=1S/C18H20N4O/c23-16-6-8-21(9-7-16)12-14-10-19-18-17(11-20-22(18)13-14)15-4-2-1-3-5-15/h1-5,10-11,13,16,23H,6-9,12H2. The molecule has 3 aromatic rings. The van der Waals surface area contributed by atoms with Gasteiger partial charge in [-0.15, -0.1) is 0 Å². The average Bonchev–Trinajstić information content (AvgIpc) is 3.01. The molecule has 0 atom stereocenters. The molecule has 23 heavy (non-hydrogen) atoms. The second-order valence-corrected chi connectivity index (χ2v) is 6.16. The molecule has 0 aliphatic carbocycles. The van der Waals surface area contributed by atoms with Crippen LogP contribution in [0, 0.1) is 0 Å². The maximum Gasteiger partial charge on any atom is 0.162 e. The van der Waals surface area contributed by atoms with Gasteiger partial charge in [0.05, 0.1) is 12.3 Å². The lowest BCUT2D eigenvalue weighted by Crippen LogP contribution is -2.35. The van der Waals surface area contributed by atoms with Crippen molar-refractivity contribution >= 4 is 5.65 Å². The van der Waals surface area contributed by atoms with Crippen LogP contribution >= 0.6 is 0 Å². The number of benzene rings is 1. The van der Waals surface area contributed by atoms with E-state index in [1.807, 2.05) is 35.1 Å². The second kappa shape index (κ2) is 6.10. The minimum Gasteiger partial charge on any atom is -0.393 e. The average molecular weight is 308 g/mol. The van der Waals surface area contributed by atoms with Crippen LogP contribution in [0.3, 0.4) is 0 Å². The van der Waals surface area contributed by atoms with E-state index < -0.39 is 0 Å². The van der Waals surface area contributed by atoms with Crippen molar-refractivity contribution < 1.29 is 5.11 Å². The largest absolute Gasteiger partial charge is 0.393 e. The van der Waals surface area contributed by atoms with Crippen molar-refractivity contribution in [2.45, 2.75) is 25.5 Å². The Balaban J connectivity index is 1.57. The first-order valence-electron chi connectivity index (χ1n) is 8.08. The lowest BCUT2D eigenvalue weighted by Gasteiger charge is -2.29. The van der Waals surface area contributed by atoms with Gasteiger partial charge in [-0.2, -0.15) is 5.10 Å². The first-order valence-corrected chi connectivity index (χ1v) is 8.08. The van der Waals surface area contributed by atoms with E-state index in [1.54, 1.807) is 0 Å². The van der Waals surface area contributed by atoms with Crippen LogP contribution in [0.4, 0.5) is 0 Å². The molecule has 3 heterocycles. The molecule has 5 heteroatoms. The topological polar surface area (TPSA) is 53.7 Å². The van der Waals surface area contributed by atoms with Gasteiger partial charge in [-0.3, -0.25) is 4.90 Å². The highest BCUT2D eigenvalue weighted by molar-refractivity contribution is 5.76. The Morgan fingerprint density at radius 3 is 2.65 bits per heavy atom. The highest BCUT2D eigenvalue weighted by atomic mass is 16.3. The Bertz CT molecular complexity index is 791. The monoisotopic (exact) mass is 308 g/mol. The summed E-state index contributed by atoms with van der Waals surface area (Å²) in [6.07, 6.45) is 7.45. The summed E-state index contributed by atoms with van der Waals surface area (Å²) < 4.78 is 1.86. The number of hydrogen-bond acceptors (Lipinski definition) is 4. The zero-order valence-electron chi connectivity index (χ0n) is 13.0. The van der Waals surface area contributed by atoms with Crippen molar-refractivity contribution in [1.82, 2.24) is 19.5 Å². The Kier molecular flexibility index (Phi) is 3.81. The van der Waals surface area contributed by atoms with Gasteiger partial charge in [-0.25, -0.2) is 9.50 Å². The number of aliphatic hydroxyl groups excluding tert-OH is 1. The maximum absolute atomic E-state index is 9.59. The lowest BCUT2D eigenvalue weighted by atomic mass is 10.1. The predicted octanol–water partition coefficient (Wildman–Crippen LogP) is 2.35. The van der Waals surface area contributed by atoms with Gasteiger partial charge in [0.25, 0.3) is 0 Å². The van der Waals surface area contributed by atoms with Crippen LogP contribution in [-0.4, -0.2) is 43.8 Å². The third-order valence-electron chi connectivity index (χ3n) is 4.46. The molecule has 0 amide bonds. The molecule has 0 unspecified atom stereocenters. The van der Waals surface area contributed by atoms with E-state index >= 15 is 0 Å². The summed E-state index contributed by atoms with van der Waals surface area (Å²) in [6, 6.07) is 10.2. The number of nitrogens with zero attached hydrogens (tertiary/aromatic N) is 4. The molecule has 1 fully saturated rings. The van der Waals surface area contributed by atoms with Crippen molar-refractivity contribution in [3.05, 3.63) is 54.5 Å². The summed E-state index contributed by atoms with van der Waals surface area (Å²) in [5.74, 6) is 0. The third kappa shape index (κ3) is 2.98. The van der Waals surface area contributed by atoms with Gasteiger partial charge in [-0.1, -0.05) is 30.3 Å². The van der Waals surface area contributed by atoms with Crippen molar-refractivity contribution in [3.63, 3.8) is 0 Å². The van der Waals surface area contributed by atoms with Crippen molar-refractivity contribution in [2.75, 3.05) is 13.1 Å². The maximum atomic E-state index is 9.59. The van der Waals surface area contributed by atoms with Crippen molar-refractivity contribution in [1.29, 1.82) is 0 Å². The number of aliphatic hydroxyl groups is 1. The van der Waals surface area contributed by atoms with E-state index in [0.717, 1.165) is 54.8 Å². The first-order chi connectivity index (χ1) is 11.3. The SMILES string of the molecule is OC1CCN(Cc2cnc3c(-c4ccccc4)cnn3c2)CC1. The van der Waals surface area contributed by atoms with E-state index in [1.165, 1.54) is 0 Å². The highest BCUT2D eigenvalue weighted by Gasteiger charge is 2.17. The molecule has 5 nitrogen and oxygen atoms in total. The molecule has 1 aliphatic rings. The number of fused-ring (bicyclic) bond motifs is 1. The molecular weight excluding hydrogens is 288 g/mol. The number of hydrogen-bond donors (Lipinski definition) is 1. The summed E-state index contributed by atoms with van der Waals surface area (Å²) >= 11 is 0.